The lowest BCUT2D eigenvalue weighted by Gasteiger charge is -2.38. The highest BCUT2D eigenvalue weighted by molar-refractivity contribution is 6.64. The van der Waals surface area contributed by atoms with Crippen molar-refractivity contribution >= 4 is 24.2 Å². The van der Waals surface area contributed by atoms with Gasteiger partial charge >= 0.3 is 7.12 Å². The third-order valence-electron chi connectivity index (χ3n) is 4.82. The van der Waals surface area contributed by atoms with Crippen LogP contribution >= 0.6 is 11.6 Å². The molecule has 1 saturated heterocycles. The minimum atomic E-state index is -1.18. The van der Waals surface area contributed by atoms with E-state index in [1.54, 1.807) is 33.8 Å². The van der Waals surface area contributed by atoms with Crippen LogP contribution in [0.4, 0.5) is 0 Å². The fraction of sp³-hybridized carbons (Fsp3) is 0.647. The molecular weight excluding hydrogens is 312 g/mol. The van der Waals surface area contributed by atoms with Crippen molar-refractivity contribution in [2.75, 3.05) is 13.1 Å². The van der Waals surface area contributed by atoms with Crippen LogP contribution in [-0.4, -0.2) is 46.4 Å². The Morgan fingerprint density at radius 1 is 1.22 bits per heavy atom. The Morgan fingerprint density at radius 3 is 2.35 bits per heavy atom. The smallest absolute Gasteiger partial charge is 0.423 e. The van der Waals surface area contributed by atoms with E-state index in [1.165, 1.54) is 12.8 Å². The number of rotatable bonds is 6. The van der Waals surface area contributed by atoms with Crippen molar-refractivity contribution in [1.29, 1.82) is 0 Å². The maximum atomic E-state index is 10.3. The molecule has 0 aromatic heterocycles. The van der Waals surface area contributed by atoms with Crippen LogP contribution in [0.3, 0.4) is 0 Å². The molecule has 1 aliphatic heterocycles. The Labute approximate surface area is 144 Å². The van der Waals surface area contributed by atoms with Gasteiger partial charge in [-0.05, 0) is 65.3 Å². The molecule has 4 nitrogen and oxygen atoms in total. The second kappa shape index (κ2) is 7.12. The Hall–Kier alpha value is -0.585. The highest BCUT2D eigenvalue weighted by Crippen LogP contribution is 2.26. The van der Waals surface area contributed by atoms with Crippen LogP contribution in [0, 0.1) is 0 Å². The zero-order valence-electron chi connectivity index (χ0n) is 14.5. The van der Waals surface area contributed by atoms with Crippen LogP contribution in [0.25, 0.3) is 0 Å². The van der Waals surface area contributed by atoms with Gasteiger partial charge in [0.1, 0.15) is 0 Å². The van der Waals surface area contributed by atoms with Gasteiger partial charge in [0, 0.05) is 17.0 Å². The van der Waals surface area contributed by atoms with Crippen molar-refractivity contribution in [3.63, 3.8) is 0 Å². The van der Waals surface area contributed by atoms with E-state index in [9.17, 15) is 10.1 Å². The quantitative estimate of drug-likeness (QED) is 0.780. The lowest BCUT2D eigenvalue weighted by atomic mass is 9.76. The summed E-state index contributed by atoms with van der Waals surface area (Å²) in [6, 6.07) is 5.67. The van der Waals surface area contributed by atoms with Crippen LogP contribution in [0.1, 0.15) is 46.1 Å². The first kappa shape index (κ1) is 18.7. The van der Waals surface area contributed by atoms with Gasteiger partial charge in [-0.25, -0.2) is 0 Å². The lowest BCUT2D eigenvalue weighted by molar-refractivity contribution is -0.0982. The van der Waals surface area contributed by atoms with Gasteiger partial charge in [0.05, 0.1) is 11.2 Å². The zero-order chi connectivity index (χ0) is 17.3. The maximum Gasteiger partial charge on any atom is 0.493 e. The van der Waals surface area contributed by atoms with E-state index >= 15 is 0 Å². The molecule has 1 aliphatic rings. The van der Waals surface area contributed by atoms with Crippen LogP contribution in [0.2, 0.25) is 5.02 Å². The normalized spacial score (nSPS) is 16.8. The molecule has 1 aromatic carbocycles. The first-order chi connectivity index (χ1) is 10.6. The van der Waals surface area contributed by atoms with Gasteiger partial charge < -0.3 is 14.8 Å². The van der Waals surface area contributed by atoms with Crippen LogP contribution in [-0.2, 0) is 11.2 Å². The van der Waals surface area contributed by atoms with Gasteiger partial charge in [-0.15, -0.1) is 0 Å². The largest absolute Gasteiger partial charge is 0.493 e. The summed E-state index contributed by atoms with van der Waals surface area (Å²) in [5.74, 6) is 0. The molecule has 0 bridgehead atoms. The predicted octanol–water partition coefficient (Wildman–Crippen LogP) is 2.19. The summed E-state index contributed by atoms with van der Waals surface area (Å²) >= 11 is 6.33. The molecule has 2 rings (SSSR count). The Bertz CT molecular complexity index is 539. The Balaban J connectivity index is 2.07. The SMILES string of the molecule is CC(C)(O)C(C)(C)OB(O)c1ccc(CN2CCCC2)cc1Cl. The summed E-state index contributed by atoms with van der Waals surface area (Å²) in [6.07, 6.45) is 2.51. The second-order valence-electron chi connectivity index (χ2n) is 7.38. The monoisotopic (exact) mass is 339 g/mol. The molecule has 23 heavy (non-hydrogen) atoms. The maximum absolute atomic E-state index is 10.3. The number of hydrogen-bond acceptors (Lipinski definition) is 4. The van der Waals surface area contributed by atoms with E-state index in [0.717, 1.165) is 25.2 Å². The van der Waals surface area contributed by atoms with Crippen LogP contribution in [0.15, 0.2) is 18.2 Å². The minimum Gasteiger partial charge on any atom is -0.423 e. The Morgan fingerprint density at radius 2 is 1.83 bits per heavy atom. The van der Waals surface area contributed by atoms with E-state index in [0.29, 0.717) is 10.5 Å². The average Bonchev–Trinajstić information content (AvgIpc) is 2.89. The van der Waals surface area contributed by atoms with E-state index in [2.05, 4.69) is 4.90 Å². The molecule has 128 valence electrons. The van der Waals surface area contributed by atoms with Crippen molar-refractivity contribution < 1.29 is 14.8 Å². The first-order valence-corrected chi connectivity index (χ1v) is 8.57. The highest BCUT2D eigenvalue weighted by atomic mass is 35.5. The molecule has 0 aliphatic carbocycles. The van der Waals surface area contributed by atoms with Gasteiger partial charge in [-0.1, -0.05) is 23.7 Å². The molecular formula is C17H27BClNO3. The molecule has 0 amide bonds. The number of hydrogen-bond donors (Lipinski definition) is 2. The fourth-order valence-corrected chi connectivity index (χ4v) is 2.85. The zero-order valence-corrected chi connectivity index (χ0v) is 15.2. The lowest BCUT2D eigenvalue weighted by Crippen LogP contribution is -2.53. The Kier molecular flexibility index (Phi) is 5.80. The number of likely N-dealkylation sites (tertiary alicyclic amines) is 1. The molecule has 1 aromatic rings. The minimum absolute atomic E-state index is 0.487. The highest BCUT2D eigenvalue weighted by Gasteiger charge is 2.40. The van der Waals surface area contributed by atoms with Gasteiger partial charge in [-0.3, -0.25) is 4.90 Å². The van der Waals surface area contributed by atoms with Gasteiger partial charge in [0.15, 0.2) is 0 Å². The first-order valence-electron chi connectivity index (χ1n) is 8.19. The van der Waals surface area contributed by atoms with Crippen LogP contribution < -0.4 is 5.46 Å². The van der Waals surface area contributed by atoms with Crippen molar-refractivity contribution in [3.8, 4) is 0 Å². The van der Waals surface area contributed by atoms with E-state index in [-0.39, 0.29) is 0 Å². The second-order valence-corrected chi connectivity index (χ2v) is 7.79. The summed E-state index contributed by atoms with van der Waals surface area (Å²) in [6.45, 7) is 9.93. The summed E-state index contributed by atoms with van der Waals surface area (Å²) in [4.78, 5) is 2.40. The van der Waals surface area contributed by atoms with Crippen molar-refractivity contribution in [2.45, 2.75) is 58.3 Å². The molecule has 0 atom stereocenters. The standard InChI is InChI=1S/C17H27BClNO3/c1-16(2,21)17(3,4)23-18(22)14-8-7-13(11-15(14)19)12-20-9-5-6-10-20/h7-8,11,21-22H,5-6,9-10,12H2,1-4H3. The summed E-state index contributed by atoms with van der Waals surface area (Å²) in [5, 5.41) is 21.0. The average molecular weight is 340 g/mol. The molecule has 0 spiro atoms. The number of benzene rings is 1. The fourth-order valence-electron chi connectivity index (χ4n) is 2.55. The van der Waals surface area contributed by atoms with E-state index in [4.69, 9.17) is 16.3 Å². The third-order valence-corrected chi connectivity index (χ3v) is 5.14. The number of nitrogens with zero attached hydrogens (tertiary/aromatic N) is 1. The predicted molar refractivity (Wildman–Crippen MR) is 95.0 cm³/mol. The molecule has 0 unspecified atom stereocenters. The van der Waals surface area contributed by atoms with E-state index < -0.39 is 18.3 Å². The third kappa shape index (κ3) is 4.71. The number of aliphatic hydroxyl groups is 1. The molecule has 6 heteroatoms. The molecule has 1 heterocycles. The van der Waals surface area contributed by atoms with Gasteiger partial charge in [0.2, 0.25) is 0 Å². The van der Waals surface area contributed by atoms with Crippen LogP contribution in [0.5, 0.6) is 0 Å². The summed E-state index contributed by atoms with van der Waals surface area (Å²) in [7, 11) is -1.18. The van der Waals surface area contributed by atoms with E-state index in [1.807, 2.05) is 12.1 Å². The van der Waals surface area contributed by atoms with Gasteiger partial charge in [0.25, 0.3) is 0 Å². The van der Waals surface area contributed by atoms with Crippen molar-refractivity contribution in [2.24, 2.45) is 0 Å². The molecule has 1 fully saturated rings. The topological polar surface area (TPSA) is 52.9 Å². The molecule has 0 saturated carbocycles. The molecule has 0 radical (unpaired) electrons. The van der Waals surface area contributed by atoms with Crippen molar-refractivity contribution in [1.82, 2.24) is 4.90 Å². The molecule has 2 N–H and O–H groups in total. The summed E-state index contributed by atoms with van der Waals surface area (Å²) in [5.41, 5.74) is -0.344. The van der Waals surface area contributed by atoms with Crippen molar-refractivity contribution in [3.05, 3.63) is 28.8 Å². The number of halogens is 1. The van der Waals surface area contributed by atoms with Gasteiger partial charge in [-0.2, -0.15) is 0 Å². The summed E-state index contributed by atoms with van der Waals surface area (Å²) < 4.78 is 5.65.